The molecule has 1 aromatic rings. The molecule has 21 heavy (non-hydrogen) atoms. The first-order chi connectivity index (χ1) is 10.3. The summed E-state index contributed by atoms with van der Waals surface area (Å²) < 4.78 is 0. The molecule has 2 heterocycles. The topological polar surface area (TPSA) is 49.4 Å². The van der Waals surface area contributed by atoms with Gasteiger partial charge < -0.3 is 5.32 Å². The molecule has 0 radical (unpaired) electrons. The van der Waals surface area contributed by atoms with Crippen LogP contribution < -0.4 is 10.2 Å². The largest absolute Gasteiger partial charge is 0.305 e. The minimum absolute atomic E-state index is 0.108. The van der Waals surface area contributed by atoms with Crippen LogP contribution in [0, 0.1) is 5.92 Å². The number of benzene rings is 1. The lowest BCUT2D eigenvalue weighted by Crippen LogP contribution is -2.41. The van der Waals surface area contributed by atoms with Crippen molar-refractivity contribution < 1.29 is 9.59 Å². The Labute approximate surface area is 129 Å². The van der Waals surface area contributed by atoms with E-state index < -0.39 is 0 Å². The van der Waals surface area contributed by atoms with Crippen molar-refractivity contribution in [1.29, 1.82) is 0 Å². The fourth-order valence-corrected chi connectivity index (χ4v) is 4.10. The summed E-state index contributed by atoms with van der Waals surface area (Å²) in [5.41, 5.74) is 0.672. The second-order valence-corrected chi connectivity index (χ2v) is 6.85. The number of nitrogens with zero attached hydrogens (tertiary/aromatic N) is 1. The van der Waals surface area contributed by atoms with Crippen molar-refractivity contribution in [1.82, 2.24) is 5.32 Å². The molecule has 2 amide bonds. The van der Waals surface area contributed by atoms with Crippen LogP contribution in [0.3, 0.4) is 0 Å². The van der Waals surface area contributed by atoms with Gasteiger partial charge in [-0.3, -0.25) is 9.59 Å². The van der Waals surface area contributed by atoms with Crippen molar-refractivity contribution in [2.24, 2.45) is 5.92 Å². The van der Waals surface area contributed by atoms with Crippen molar-refractivity contribution in [3.05, 3.63) is 30.3 Å². The van der Waals surface area contributed by atoms with Crippen LogP contribution in [0.25, 0.3) is 0 Å². The molecule has 0 spiro atoms. The molecule has 2 aliphatic rings. The average molecular weight is 304 g/mol. The fraction of sp³-hybridized carbons (Fsp3) is 0.500. The standard InChI is InChI=1S/C16H20N2O2S/c19-15-10-14(17-11-12-6-8-21-9-7-12)16(20)18(15)13-4-2-1-3-5-13/h1-5,12,14,17H,6-11H2. The van der Waals surface area contributed by atoms with Gasteiger partial charge in [-0.05, 0) is 48.9 Å². The summed E-state index contributed by atoms with van der Waals surface area (Å²) in [6, 6.07) is 8.82. The van der Waals surface area contributed by atoms with Gasteiger partial charge in [0.05, 0.1) is 18.2 Å². The molecular weight excluding hydrogens is 284 g/mol. The van der Waals surface area contributed by atoms with E-state index in [1.807, 2.05) is 30.0 Å². The molecule has 0 saturated carbocycles. The zero-order valence-electron chi connectivity index (χ0n) is 12.0. The molecule has 1 N–H and O–H groups in total. The summed E-state index contributed by atoms with van der Waals surface area (Å²) in [5, 5.41) is 3.31. The second kappa shape index (κ2) is 6.62. The van der Waals surface area contributed by atoms with Crippen molar-refractivity contribution in [2.45, 2.75) is 25.3 Å². The fourth-order valence-electron chi connectivity index (χ4n) is 2.90. The molecule has 4 nitrogen and oxygen atoms in total. The number of imide groups is 1. The highest BCUT2D eigenvalue weighted by Gasteiger charge is 2.39. The highest BCUT2D eigenvalue weighted by Crippen LogP contribution is 2.24. The summed E-state index contributed by atoms with van der Waals surface area (Å²) in [4.78, 5) is 25.8. The van der Waals surface area contributed by atoms with Crippen LogP contribution >= 0.6 is 11.8 Å². The predicted molar refractivity (Wildman–Crippen MR) is 85.4 cm³/mol. The first kappa shape index (κ1) is 14.6. The number of hydrogen-bond donors (Lipinski definition) is 1. The van der Waals surface area contributed by atoms with Crippen LogP contribution in [0.15, 0.2) is 30.3 Å². The number of thioether (sulfide) groups is 1. The zero-order chi connectivity index (χ0) is 14.7. The first-order valence-electron chi connectivity index (χ1n) is 7.48. The third-order valence-corrected chi connectivity index (χ3v) is 5.20. The Morgan fingerprint density at radius 3 is 2.57 bits per heavy atom. The van der Waals surface area contributed by atoms with Gasteiger partial charge in [0, 0.05) is 0 Å². The number of hydrogen-bond acceptors (Lipinski definition) is 4. The Balaban J connectivity index is 1.61. The lowest BCUT2D eigenvalue weighted by Gasteiger charge is -2.23. The predicted octanol–water partition coefficient (Wildman–Crippen LogP) is 2.05. The summed E-state index contributed by atoms with van der Waals surface area (Å²) in [5.74, 6) is 2.83. The lowest BCUT2D eigenvalue weighted by atomic mass is 10.0. The van der Waals surface area contributed by atoms with Gasteiger partial charge in [-0.2, -0.15) is 11.8 Å². The van der Waals surface area contributed by atoms with Crippen LogP contribution in [0.5, 0.6) is 0 Å². The molecule has 1 unspecified atom stereocenters. The van der Waals surface area contributed by atoms with E-state index >= 15 is 0 Å². The van der Waals surface area contributed by atoms with E-state index in [0.29, 0.717) is 11.6 Å². The van der Waals surface area contributed by atoms with Crippen LogP contribution in [0.2, 0.25) is 0 Å². The van der Waals surface area contributed by atoms with Gasteiger partial charge in [0.2, 0.25) is 5.91 Å². The number of rotatable bonds is 4. The van der Waals surface area contributed by atoms with E-state index in [1.54, 1.807) is 12.1 Å². The number of para-hydroxylation sites is 1. The highest BCUT2D eigenvalue weighted by molar-refractivity contribution is 7.99. The Morgan fingerprint density at radius 1 is 1.14 bits per heavy atom. The molecule has 5 heteroatoms. The summed E-state index contributed by atoms with van der Waals surface area (Å²) >= 11 is 2.00. The van der Waals surface area contributed by atoms with Gasteiger partial charge in [-0.25, -0.2) is 4.90 Å². The molecule has 2 aliphatic heterocycles. The molecule has 0 bridgehead atoms. The molecule has 112 valence electrons. The van der Waals surface area contributed by atoms with E-state index in [-0.39, 0.29) is 24.3 Å². The molecule has 0 aromatic heterocycles. The second-order valence-electron chi connectivity index (χ2n) is 5.62. The van der Waals surface area contributed by atoms with Gasteiger partial charge in [0.25, 0.3) is 5.91 Å². The Hall–Kier alpha value is -1.33. The Kier molecular flexibility index (Phi) is 4.60. The minimum atomic E-state index is -0.354. The minimum Gasteiger partial charge on any atom is -0.305 e. The van der Waals surface area contributed by atoms with Crippen LogP contribution in [-0.4, -0.2) is 35.9 Å². The maximum absolute atomic E-state index is 12.4. The highest BCUT2D eigenvalue weighted by atomic mass is 32.2. The van der Waals surface area contributed by atoms with E-state index in [1.165, 1.54) is 29.2 Å². The van der Waals surface area contributed by atoms with Gasteiger partial charge >= 0.3 is 0 Å². The van der Waals surface area contributed by atoms with Gasteiger partial charge in [-0.15, -0.1) is 0 Å². The molecule has 2 fully saturated rings. The van der Waals surface area contributed by atoms with Gasteiger partial charge in [0.1, 0.15) is 0 Å². The van der Waals surface area contributed by atoms with Crippen LogP contribution in [0.1, 0.15) is 19.3 Å². The molecule has 2 saturated heterocycles. The first-order valence-corrected chi connectivity index (χ1v) is 8.64. The van der Waals surface area contributed by atoms with Crippen molar-refractivity contribution in [3.8, 4) is 0 Å². The molecule has 3 rings (SSSR count). The number of anilines is 1. The number of amides is 2. The van der Waals surface area contributed by atoms with E-state index in [0.717, 1.165) is 6.54 Å². The average Bonchev–Trinajstić information content (AvgIpc) is 2.81. The van der Waals surface area contributed by atoms with Crippen molar-refractivity contribution >= 4 is 29.3 Å². The van der Waals surface area contributed by atoms with Crippen LogP contribution in [0.4, 0.5) is 5.69 Å². The maximum Gasteiger partial charge on any atom is 0.251 e. The van der Waals surface area contributed by atoms with E-state index in [9.17, 15) is 9.59 Å². The van der Waals surface area contributed by atoms with Crippen molar-refractivity contribution in [2.75, 3.05) is 23.0 Å². The summed E-state index contributed by atoms with van der Waals surface area (Å²) in [6.07, 6.45) is 2.68. The normalized spacial score (nSPS) is 23.8. The summed E-state index contributed by atoms with van der Waals surface area (Å²) in [6.45, 7) is 0.840. The quantitative estimate of drug-likeness (QED) is 0.865. The molecule has 0 aliphatic carbocycles. The number of carbonyl (C=O) groups is 2. The summed E-state index contributed by atoms with van der Waals surface area (Å²) in [7, 11) is 0. The number of nitrogens with one attached hydrogen (secondary N) is 1. The Morgan fingerprint density at radius 2 is 1.86 bits per heavy atom. The van der Waals surface area contributed by atoms with E-state index in [4.69, 9.17) is 0 Å². The SMILES string of the molecule is O=C1CC(NCC2CCSCC2)C(=O)N1c1ccccc1. The van der Waals surface area contributed by atoms with Crippen LogP contribution in [-0.2, 0) is 9.59 Å². The Bertz CT molecular complexity index is 514. The lowest BCUT2D eigenvalue weighted by molar-refractivity contribution is -0.121. The molecular formula is C16H20N2O2S. The zero-order valence-corrected chi connectivity index (χ0v) is 12.8. The monoisotopic (exact) mass is 304 g/mol. The third kappa shape index (κ3) is 3.30. The third-order valence-electron chi connectivity index (χ3n) is 4.15. The van der Waals surface area contributed by atoms with Gasteiger partial charge in [0.15, 0.2) is 0 Å². The van der Waals surface area contributed by atoms with Crippen molar-refractivity contribution in [3.63, 3.8) is 0 Å². The maximum atomic E-state index is 12.4. The smallest absolute Gasteiger partial charge is 0.251 e. The van der Waals surface area contributed by atoms with E-state index in [2.05, 4.69) is 5.32 Å². The molecule has 1 atom stereocenters. The molecule has 1 aromatic carbocycles. The number of carbonyl (C=O) groups excluding carboxylic acids is 2. The van der Waals surface area contributed by atoms with Gasteiger partial charge in [-0.1, -0.05) is 18.2 Å².